The number of aromatic nitrogens is 3. The maximum absolute atomic E-state index is 4.09. The molecule has 0 amide bonds. The maximum Gasteiger partial charge on any atom is 0.0830 e. The molecule has 14 heavy (non-hydrogen) atoms. The van der Waals surface area contributed by atoms with Crippen LogP contribution >= 0.6 is 0 Å². The maximum atomic E-state index is 4.09. The fourth-order valence-corrected chi connectivity index (χ4v) is 1.41. The summed E-state index contributed by atoms with van der Waals surface area (Å²) >= 11 is 0. The Hall–Kier alpha value is -1.64. The van der Waals surface area contributed by atoms with E-state index in [-0.39, 0.29) is 0 Å². The van der Waals surface area contributed by atoms with Crippen molar-refractivity contribution in [3.63, 3.8) is 0 Å². The van der Waals surface area contributed by atoms with Crippen LogP contribution in [0.4, 0.5) is 0 Å². The highest BCUT2D eigenvalue weighted by Gasteiger charge is 2.05. The molecule has 1 aromatic heterocycles. The van der Waals surface area contributed by atoms with Crippen molar-refractivity contribution in [3.05, 3.63) is 41.2 Å². The molecule has 0 aliphatic rings. The first kappa shape index (κ1) is 8.94. The minimum atomic E-state index is 0.978. The van der Waals surface area contributed by atoms with Crippen LogP contribution < -0.4 is 0 Å². The Morgan fingerprint density at radius 1 is 1.14 bits per heavy atom. The van der Waals surface area contributed by atoms with Crippen molar-refractivity contribution in [3.8, 4) is 5.69 Å². The lowest BCUT2D eigenvalue weighted by Gasteiger charge is -2.03. The third-order valence-corrected chi connectivity index (χ3v) is 2.37. The second-order valence-electron chi connectivity index (χ2n) is 3.51. The predicted molar refractivity (Wildman–Crippen MR) is 55.6 cm³/mol. The number of benzene rings is 1. The van der Waals surface area contributed by atoms with Crippen LogP contribution in [0.5, 0.6) is 0 Å². The van der Waals surface area contributed by atoms with Crippen LogP contribution in [0.2, 0.25) is 0 Å². The van der Waals surface area contributed by atoms with Crippen molar-refractivity contribution >= 4 is 0 Å². The standard InChI is InChI=1S/C11H13N3/c1-8-5-4-6-11(7-8)14-10(3)9(2)12-13-14/h4-7H,1-3H3. The predicted octanol–water partition coefficient (Wildman–Crippen LogP) is 2.19. The summed E-state index contributed by atoms with van der Waals surface area (Å²) in [5.41, 5.74) is 4.38. The van der Waals surface area contributed by atoms with Crippen molar-refractivity contribution in [1.29, 1.82) is 0 Å². The lowest BCUT2D eigenvalue weighted by molar-refractivity contribution is 0.783. The highest BCUT2D eigenvalue weighted by atomic mass is 15.4. The van der Waals surface area contributed by atoms with E-state index in [9.17, 15) is 0 Å². The monoisotopic (exact) mass is 187 g/mol. The van der Waals surface area contributed by atoms with Gasteiger partial charge in [0.05, 0.1) is 17.1 Å². The molecule has 1 aromatic carbocycles. The summed E-state index contributed by atoms with van der Waals surface area (Å²) < 4.78 is 1.86. The van der Waals surface area contributed by atoms with Crippen LogP contribution in [0.1, 0.15) is 17.0 Å². The van der Waals surface area contributed by atoms with Crippen molar-refractivity contribution < 1.29 is 0 Å². The van der Waals surface area contributed by atoms with Gasteiger partial charge in [-0.25, -0.2) is 4.68 Å². The van der Waals surface area contributed by atoms with Crippen LogP contribution in [0.15, 0.2) is 24.3 Å². The highest BCUT2D eigenvalue weighted by molar-refractivity contribution is 5.36. The summed E-state index contributed by atoms with van der Waals surface area (Å²) in [5, 5.41) is 8.13. The van der Waals surface area contributed by atoms with E-state index in [1.807, 2.05) is 30.7 Å². The molecule has 0 bridgehead atoms. The summed E-state index contributed by atoms with van der Waals surface area (Å²) in [5.74, 6) is 0. The minimum Gasteiger partial charge on any atom is -0.218 e. The Bertz CT molecular complexity index is 457. The van der Waals surface area contributed by atoms with Gasteiger partial charge in [-0.15, -0.1) is 5.10 Å². The Morgan fingerprint density at radius 3 is 2.50 bits per heavy atom. The first-order valence-electron chi connectivity index (χ1n) is 4.64. The zero-order valence-electron chi connectivity index (χ0n) is 8.65. The molecule has 0 unspecified atom stereocenters. The summed E-state index contributed by atoms with van der Waals surface area (Å²) in [4.78, 5) is 0. The van der Waals surface area contributed by atoms with Gasteiger partial charge in [0.15, 0.2) is 0 Å². The second kappa shape index (κ2) is 3.25. The molecule has 0 radical (unpaired) electrons. The first-order valence-corrected chi connectivity index (χ1v) is 4.64. The zero-order valence-corrected chi connectivity index (χ0v) is 8.65. The topological polar surface area (TPSA) is 30.7 Å². The molecule has 3 heteroatoms. The van der Waals surface area contributed by atoms with Gasteiger partial charge in [0, 0.05) is 0 Å². The Labute approximate surface area is 83.4 Å². The van der Waals surface area contributed by atoms with Gasteiger partial charge < -0.3 is 0 Å². The number of nitrogens with zero attached hydrogens (tertiary/aromatic N) is 3. The molecular weight excluding hydrogens is 174 g/mol. The second-order valence-corrected chi connectivity index (χ2v) is 3.51. The molecule has 0 saturated carbocycles. The molecular formula is C11H13N3. The molecule has 0 N–H and O–H groups in total. The molecule has 0 aliphatic heterocycles. The first-order chi connectivity index (χ1) is 6.68. The van der Waals surface area contributed by atoms with Crippen LogP contribution in [0.25, 0.3) is 5.69 Å². The molecule has 0 atom stereocenters. The summed E-state index contributed by atoms with van der Waals surface area (Å²) in [7, 11) is 0. The minimum absolute atomic E-state index is 0.978. The van der Waals surface area contributed by atoms with Crippen LogP contribution in [-0.4, -0.2) is 15.0 Å². The van der Waals surface area contributed by atoms with Crippen LogP contribution in [-0.2, 0) is 0 Å². The van der Waals surface area contributed by atoms with Crippen molar-refractivity contribution in [2.24, 2.45) is 0 Å². The fourth-order valence-electron chi connectivity index (χ4n) is 1.41. The average molecular weight is 187 g/mol. The Morgan fingerprint density at radius 2 is 1.93 bits per heavy atom. The normalized spacial score (nSPS) is 10.5. The van der Waals surface area contributed by atoms with Gasteiger partial charge in [-0.1, -0.05) is 17.3 Å². The Kier molecular flexibility index (Phi) is 2.08. The molecule has 3 nitrogen and oxygen atoms in total. The van der Waals surface area contributed by atoms with Crippen LogP contribution in [0.3, 0.4) is 0 Å². The SMILES string of the molecule is Cc1cccc(-n2nnc(C)c2C)c1. The number of hydrogen-bond acceptors (Lipinski definition) is 2. The zero-order chi connectivity index (χ0) is 10.1. The van der Waals surface area contributed by atoms with Gasteiger partial charge in [-0.3, -0.25) is 0 Å². The third-order valence-electron chi connectivity index (χ3n) is 2.37. The summed E-state index contributed by atoms with van der Waals surface area (Å²) in [6.07, 6.45) is 0. The number of rotatable bonds is 1. The molecule has 2 rings (SSSR count). The van der Waals surface area contributed by atoms with E-state index in [1.54, 1.807) is 0 Å². The lowest BCUT2D eigenvalue weighted by Crippen LogP contribution is -1.99. The lowest BCUT2D eigenvalue weighted by atomic mass is 10.2. The molecule has 0 spiro atoms. The summed E-state index contributed by atoms with van der Waals surface area (Å²) in [6, 6.07) is 8.24. The van der Waals surface area contributed by atoms with Gasteiger partial charge in [0.1, 0.15) is 0 Å². The molecule has 0 fully saturated rings. The van der Waals surface area contributed by atoms with Gasteiger partial charge in [-0.05, 0) is 38.5 Å². The number of aryl methyl sites for hydroxylation is 2. The van der Waals surface area contributed by atoms with Gasteiger partial charge >= 0.3 is 0 Å². The van der Waals surface area contributed by atoms with Gasteiger partial charge in [0.2, 0.25) is 0 Å². The fraction of sp³-hybridized carbons (Fsp3) is 0.273. The number of hydrogen-bond donors (Lipinski definition) is 0. The van der Waals surface area contributed by atoms with Gasteiger partial charge in [0.25, 0.3) is 0 Å². The smallest absolute Gasteiger partial charge is 0.0830 e. The van der Waals surface area contributed by atoms with E-state index in [2.05, 4.69) is 29.4 Å². The van der Waals surface area contributed by atoms with Crippen molar-refractivity contribution in [2.45, 2.75) is 20.8 Å². The van der Waals surface area contributed by atoms with Gasteiger partial charge in [-0.2, -0.15) is 0 Å². The quantitative estimate of drug-likeness (QED) is 0.685. The van der Waals surface area contributed by atoms with E-state index in [0.29, 0.717) is 0 Å². The van der Waals surface area contributed by atoms with E-state index in [0.717, 1.165) is 17.1 Å². The summed E-state index contributed by atoms with van der Waals surface area (Å²) in [6.45, 7) is 6.06. The highest BCUT2D eigenvalue weighted by Crippen LogP contribution is 2.12. The Balaban J connectivity index is 2.55. The molecule has 0 aliphatic carbocycles. The average Bonchev–Trinajstić information content (AvgIpc) is 2.48. The van der Waals surface area contributed by atoms with E-state index in [1.165, 1.54) is 5.56 Å². The third kappa shape index (κ3) is 1.41. The van der Waals surface area contributed by atoms with Crippen molar-refractivity contribution in [1.82, 2.24) is 15.0 Å². The molecule has 72 valence electrons. The van der Waals surface area contributed by atoms with E-state index in [4.69, 9.17) is 0 Å². The largest absolute Gasteiger partial charge is 0.218 e. The van der Waals surface area contributed by atoms with Crippen molar-refractivity contribution in [2.75, 3.05) is 0 Å². The molecule has 2 aromatic rings. The van der Waals surface area contributed by atoms with Crippen LogP contribution in [0, 0.1) is 20.8 Å². The van der Waals surface area contributed by atoms with E-state index >= 15 is 0 Å². The van der Waals surface area contributed by atoms with E-state index < -0.39 is 0 Å². The molecule has 1 heterocycles. The molecule has 0 saturated heterocycles.